The highest BCUT2D eigenvalue weighted by molar-refractivity contribution is 5.92. The number of rotatable bonds is 5. The summed E-state index contributed by atoms with van der Waals surface area (Å²) < 4.78 is 0. The maximum absolute atomic E-state index is 12.0. The molecule has 0 aliphatic carbocycles. The van der Waals surface area contributed by atoms with Gasteiger partial charge < -0.3 is 10.3 Å². The molecule has 0 radical (unpaired) electrons. The molecule has 0 aromatic carbocycles. The third-order valence-corrected chi connectivity index (χ3v) is 2.71. The van der Waals surface area contributed by atoms with Gasteiger partial charge in [-0.2, -0.15) is 0 Å². The van der Waals surface area contributed by atoms with Crippen molar-refractivity contribution in [3.05, 3.63) is 18.1 Å². The van der Waals surface area contributed by atoms with Crippen molar-refractivity contribution in [2.75, 3.05) is 12.5 Å². The first-order valence-electron chi connectivity index (χ1n) is 5.66. The molecule has 0 saturated heterocycles. The molecule has 6 nitrogen and oxygen atoms in total. The summed E-state index contributed by atoms with van der Waals surface area (Å²) in [4.78, 5) is 21.7. The number of nitrogens with two attached hydrogens (primary N) is 1. The Kier molecular flexibility index (Phi) is 4.84. The number of hydrogen-bond donors (Lipinski definition) is 2. The minimum absolute atomic E-state index is 0.123. The Hall–Kier alpha value is -1.69. The van der Waals surface area contributed by atoms with E-state index in [9.17, 15) is 4.79 Å². The first kappa shape index (κ1) is 13.4. The molecule has 0 spiro atoms. The van der Waals surface area contributed by atoms with Crippen molar-refractivity contribution in [3.63, 3.8) is 0 Å². The van der Waals surface area contributed by atoms with Crippen molar-refractivity contribution < 1.29 is 4.79 Å². The van der Waals surface area contributed by atoms with E-state index in [0.29, 0.717) is 11.5 Å². The van der Waals surface area contributed by atoms with E-state index in [4.69, 9.17) is 5.84 Å². The second-order valence-electron chi connectivity index (χ2n) is 3.98. The minimum atomic E-state index is -0.123. The van der Waals surface area contributed by atoms with Gasteiger partial charge in [0.25, 0.3) is 5.91 Å². The van der Waals surface area contributed by atoms with Crippen LogP contribution in [-0.2, 0) is 0 Å². The van der Waals surface area contributed by atoms with Crippen LogP contribution in [-0.4, -0.2) is 33.9 Å². The van der Waals surface area contributed by atoms with E-state index in [1.807, 2.05) is 6.92 Å². The Morgan fingerprint density at radius 1 is 1.53 bits per heavy atom. The van der Waals surface area contributed by atoms with Crippen molar-refractivity contribution >= 4 is 11.7 Å². The Morgan fingerprint density at radius 3 is 2.71 bits per heavy atom. The van der Waals surface area contributed by atoms with Crippen LogP contribution in [0.2, 0.25) is 0 Å². The number of nitrogen functional groups attached to an aromatic ring is 1. The first-order valence-corrected chi connectivity index (χ1v) is 5.66. The first-order chi connectivity index (χ1) is 8.10. The average Bonchev–Trinajstić information content (AvgIpc) is 2.37. The summed E-state index contributed by atoms with van der Waals surface area (Å²) in [6.07, 6.45) is 4.87. The molecule has 0 saturated carbocycles. The van der Waals surface area contributed by atoms with Crippen LogP contribution in [0, 0.1) is 0 Å². The van der Waals surface area contributed by atoms with Gasteiger partial charge in [-0.1, -0.05) is 13.3 Å². The number of carbonyl (C=O) groups excluding carboxylic acids is 1. The SMILES string of the molecule is CCCC(C)N(C)C(=O)c1cnc(NN)cn1. The molecule has 1 aromatic heterocycles. The lowest BCUT2D eigenvalue weighted by atomic mass is 10.1. The summed E-state index contributed by atoms with van der Waals surface area (Å²) in [5.41, 5.74) is 2.70. The normalized spacial score (nSPS) is 12.0. The summed E-state index contributed by atoms with van der Waals surface area (Å²) in [5.74, 6) is 5.49. The van der Waals surface area contributed by atoms with Gasteiger partial charge in [0.1, 0.15) is 5.69 Å². The van der Waals surface area contributed by atoms with Gasteiger partial charge in [0, 0.05) is 13.1 Å². The zero-order valence-electron chi connectivity index (χ0n) is 10.5. The Balaban J connectivity index is 2.74. The van der Waals surface area contributed by atoms with Crippen LogP contribution in [0.5, 0.6) is 0 Å². The van der Waals surface area contributed by atoms with Gasteiger partial charge >= 0.3 is 0 Å². The van der Waals surface area contributed by atoms with Gasteiger partial charge in [0.2, 0.25) is 0 Å². The Bertz CT molecular complexity index is 365. The zero-order chi connectivity index (χ0) is 12.8. The number of nitrogens with zero attached hydrogens (tertiary/aromatic N) is 3. The summed E-state index contributed by atoms with van der Waals surface area (Å²) in [5, 5.41) is 0. The highest BCUT2D eigenvalue weighted by Gasteiger charge is 2.18. The molecule has 94 valence electrons. The fraction of sp³-hybridized carbons (Fsp3) is 0.545. The lowest BCUT2D eigenvalue weighted by Crippen LogP contribution is -2.35. The second kappa shape index (κ2) is 6.15. The van der Waals surface area contributed by atoms with Crippen molar-refractivity contribution in [3.8, 4) is 0 Å². The van der Waals surface area contributed by atoms with Gasteiger partial charge in [-0.25, -0.2) is 15.8 Å². The van der Waals surface area contributed by atoms with E-state index in [-0.39, 0.29) is 11.9 Å². The maximum atomic E-state index is 12.0. The molecule has 3 N–H and O–H groups in total. The monoisotopic (exact) mass is 237 g/mol. The number of anilines is 1. The van der Waals surface area contributed by atoms with Crippen LogP contribution in [0.1, 0.15) is 37.2 Å². The molecule has 0 aliphatic heterocycles. The van der Waals surface area contributed by atoms with E-state index in [1.165, 1.54) is 12.4 Å². The number of hydrazine groups is 1. The third-order valence-electron chi connectivity index (χ3n) is 2.71. The van der Waals surface area contributed by atoms with E-state index in [1.54, 1.807) is 11.9 Å². The summed E-state index contributed by atoms with van der Waals surface area (Å²) >= 11 is 0. The predicted molar refractivity (Wildman–Crippen MR) is 66.3 cm³/mol. The van der Waals surface area contributed by atoms with Gasteiger partial charge in [-0.3, -0.25) is 4.79 Å². The summed E-state index contributed by atoms with van der Waals surface area (Å²) in [7, 11) is 1.78. The molecule has 17 heavy (non-hydrogen) atoms. The molecule has 1 aromatic rings. The van der Waals surface area contributed by atoms with Crippen LogP contribution in [0.15, 0.2) is 12.4 Å². The Morgan fingerprint density at radius 2 is 2.24 bits per heavy atom. The average molecular weight is 237 g/mol. The molecule has 6 heteroatoms. The number of amides is 1. The van der Waals surface area contributed by atoms with Crippen molar-refractivity contribution in [1.82, 2.24) is 14.9 Å². The highest BCUT2D eigenvalue weighted by Crippen LogP contribution is 2.08. The molecule has 1 heterocycles. The second-order valence-corrected chi connectivity index (χ2v) is 3.98. The number of aromatic nitrogens is 2. The topological polar surface area (TPSA) is 84.1 Å². The van der Waals surface area contributed by atoms with E-state index in [0.717, 1.165) is 12.8 Å². The summed E-state index contributed by atoms with van der Waals surface area (Å²) in [6.45, 7) is 4.11. The molecule has 0 aliphatic rings. The van der Waals surface area contributed by atoms with Crippen molar-refractivity contribution in [2.45, 2.75) is 32.7 Å². The maximum Gasteiger partial charge on any atom is 0.274 e. The quantitative estimate of drug-likeness (QED) is 0.590. The number of hydrogen-bond acceptors (Lipinski definition) is 5. The number of nitrogens with one attached hydrogen (secondary N) is 1. The van der Waals surface area contributed by atoms with E-state index < -0.39 is 0 Å². The molecule has 1 unspecified atom stereocenters. The summed E-state index contributed by atoms with van der Waals surface area (Å²) in [6, 6.07) is 0.196. The van der Waals surface area contributed by atoms with Crippen molar-refractivity contribution in [1.29, 1.82) is 0 Å². The van der Waals surface area contributed by atoms with E-state index >= 15 is 0 Å². The molecular weight excluding hydrogens is 218 g/mol. The van der Waals surface area contributed by atoms with Crippen LogP contribution >= 0.6 is 0 Å². The zero-order valence-corrected chi connectivity index (χ0v) is 10.5. The van der Waals surface area contributed by atoms with Gasteiger partial charge in [-0.15, -0.1) is 0 Å². The highest BCUT2D eigenvalue weighted by atomic mass is 16.2. The van der Waals surface area contributed by atoms with Gasteiger partial charge in [0.15, 0.2) is 5.82 Å². The molecule has 0 bridgehead atoms. The van der Waals surface area contributed by atoms with Crippen LogP contribution < -0.4 is 11.3 Å². The smallest absolute Gasteiger partial charge is 0.274 e. The van der Waals surface area contributed by atoms with Crippen molar-refractivity contribution in [2.24, 2.45) is 5.84 Å². The molecule has 1 atom stereocenters. The van der Waals surface area contributed by atoms with Crippen LogP contribution in [0.25, 0.3) is 0 Å². The van der Waals surface area contributed by atoms with Gasteiger partial charge in [0.05, 0.1) is 12.4 Å². The van der Waals surface area contributed by atoms with Crippen LogP contribution in [0.4, 0.5) is 5.82 Å². The Labute approximate surface area is 101 Å². The molecule has 1 rings (SSSR count). The van der Waals surface area contributed by atoms with Gasteiger partial charge in [-0.05, 0) is 13.3 Å². The predicted octanol–water partition coefficient (Wildman–Crippen LogP) is 1.02. The fourth-order valence-corrected chi connectivity index (χ4v) is 1.51. The molecule has 1 amide bonds. The minimum Gasteiger partial charge on any atom is -0.338 e. The molecule has 0 fully saturated rings. The lowest BCUT2D eigenvalue weighted by Gasteiger charge is -2.24. The van der Waals surface area contributed by atoms with E-state index in [2.05, 4.69) is 22.3 Å². The van der Waals surface area contributed by atoms with Crippen LogP contribution in [0.3, 0.4) is 0 Å². The number of carbonyl (C=O) groups is 1. The largest absolute Gasteiger partial charge is 0.338 e. The molecular formula is C11H19N5O. The standard InChI is InChI=1S/C11H19N5O/c1-4-5-8(2)16(3)11(17)9-6-14-10(15-12)7-13-9/h6-8H,4-5,12H2,1-3H3,(H,14,15). The fourth-order valence-electron chi connectivity index (χ4n) is 1.51. The lowest BCUT2D eigenvalue weighted by molar-refractivity contribution is 0.0730. The third kappa shape index (κ3) is 3.39.